The van der Waals surface area contributed by atoms with E-state index in [-0.39, 0.29) is 18.5 Å². The minimum absolute atomic E-state index is 0. The predicted molar refractivity (Wildman–Crippen MR) is 198 cm³/mol. The summed E-state index contributed by atoms with van der Waals surface area (Å²) < 4.78 is 7.31. The third-order valence-electron chi connectivity index (χ3n) is 5.78. The zero-order valence-electron chi connectivity index (χ0n) is 26.2. The van der Waals surface area contributed by atoms with E-state index in [1.165, 1.54) is 16.7 Å². The fourth-order valence-corrected chi connectivity index (χ4v) is 4.71. The minimum atomic E-state index is -0.445. The van der Waals surface area contributed by atoms with Gasteiger partial charge in [0.15, 0.2) is 0 Å². The molecule has 5 N–H and O–H groups in total. The van der Waals surface area contributed by atoms with Gasteiger partial charge in [-0.15, -0.1) is 12.4 Å². The Kier molecular flexibility index (Phi) is 19.9. The van der Waals surface area contributed by atoms with E-state index >= 15 is 0 Å². The highest BCUT2D eigenvalue weighted by atomic mass is 79.9. The standard InChI is InChI=1S/C16H15N.C13H18BrNO2.C8H10BrN.ClH/c17-12-11-16-8-4-7-15(13-16)10-9-14-5-2-1-3-6-14;1-13(2,3)17-12(16)15-8-7-10-5-4-6-11(14)9-10;9-8-3-1-2-7(6-8)4-5-10;/h1-8,13H,11-12,17H2;4-6,9H,7-8H2,1-3H3,(H,15,16);1-3,6H,4-5,10H2;1H. The van der Waals surface area contributed by atoms with Crippen LogP contribution in [0.4, 0.5) is 4.79 Å². The number of alkyl carbamates (subject to hydrolysis) is 1. The van der Waals surface area contributed by atoms with Crippen molar-refractivity contribution in [3.8, 4) is 11.8 Å². The molecule has 0 fully saturated rings. The largest absolute Gasteiger partial charge is 0.444 e. The molecule has 0 radical (unpaired) electrons. The number of rotatable bonds is 7. The Labute approximate surface area is 292 Å². The third-order valence-corrected chi connectivity index (χ3v) is 6.76. The zero-order chi connectivity index (χ0) is 32.2. The highest BCUT2D eigenvalue weighted by Gasteiger charge is 2.15. The quantitative estimate of drug-likeness (QED) is 0.165. The molecule has 4 rings (SSSR count). The second-order valence-electron chi connectivity index (χ2n) is 10.8. The number of carbonyl (C=O) groups excluding carboxylic acids is 1. The molecule has 45 heavy (non-hydrogen) atoms. The van der Waals surface area contributed by atoms with Gasteiger partial charge in [-0.1, -0.05) is 98.3 Å². The van der Waals surface area contributed by atoms with Gasteiger partial charge in [-0.05, 0) is 118 Å². The lowest BCUT2D eigenvalue weighted by molar-refractivity contribution is 0.0528. The first-order chi connectivity index (χ1) is 21.1. The van der Waals surface area contributed by atoms with Gasteiger partial charge in [0.1, 0.15) is 5.60 Å². The van der Waals surface area contributed by atoms with Crippen LogP contribution in [0.2, 0.25) is 0 Å². The van der Waals surface area contributed by atoms with Gasteiger partial charge in [0, 0.05) is 26.6 Å². The lowest BCUT2D eigenvalue weighted by Crippen LogP contribution is -2.33. The average Bonchev–Trinajstić information content (AvgIpc) is 2.97. The van der Waals surface area contributed by atoms with E-state index in [0.717, 1.165) is 45.9 Å². The molecule has 0 heterocycles. The fraction of sp³-hybridized carbons (Fsp3) is 0.270. The van der Waals surface area contributed by atoms with Gasteiger partial charge in [0.2, 0.25) is 0 Å². The maximum atomic E-state index is 11.4. The Morgan fingerprint density at radius 1 is 0.689 bits per heavy atom. The van der Waals surface area contributed by atoms with E-state index in [0.29, 0.717) is 13.1 Å². The van der Waals surface area contributed by atoms with E-state index in [1.807, 2.05) is 99.6 Å². The highest BCUT2D eigenvalue weighted by Crippen LogP contribution is 2.13. The molecule has 0 aliphatic rings. The number of nitrogens with one attached hydrogen (secondary N) is 1. The summed E-state index contributed by atoms with van der Waals surface area (Å²) in [7, 11) is 0. The monoisotopic (exact) mass is 755 g/mol. The molecule has 1 amide bonds. The van der Waals surface area contributed by atoms with Gasteiger partial charge in [-0.25, -0.2) is 4.79 Å². The van der Waals surface area contributed by atoms with Gasteiger partial charge >= 0.3 is 6.09 Å². The molecule has 0 aliphatic carbocycles. The minimum Gasteiger partial charge on any atom is -0.444 e. The normalized spacial score (nSPS) is 9.93. The van der Waals surface area contributed by atoms with Crippen LogP contribution in [0.5, 0.6) is 0 Å². The molecular formula is C37H44Br2ClN3O2. The van der Waals surface area contributed by atoms with Gasteiger partial charge in [-0.3, -0.25) is 0 Å². The van der Waals surface area contributed by atoms with E-state index in [4.69, 9.17) is 16.2 Å². The first-order valence-electron chi connectivity index (χ1n) is 14.6. The van der Waals surface area contributed by atoms with Crippen LogP contribution in [0.1, 0.15) is 48.6 Å². The van der Waals surface area contributed by atoms with Crippen molar-refractivity contribution in [2.45, 2.75) is 45.6 Å². The second kappa shape index (κ2) is 22.4. The first kappa shape index (κ1) is 39.9. The van der Waals surface area contributed by atoms with Crippen LogP contribution in [0.3, 0.4) is 0 Å². The fourth-order valence-electron chi connectivity index (χ4n) is 3.81. The smallest absolute Gasteiger partial charge is 0.407 e. The number of amides is 1. The van der Waals surface area contributed by atoms with Gasteiger partial charge in [0.25, 0.3) is 0 Å². The van der Waals surface area contributed by atoms with Crippen molar-refractivity contribution in [3.63, 3.8) is 0 Å². The van der Waals surface area contributed by atoms with Gasteiger partial charge in [-0.2, -0.15) is 0 Å². The SMILES string of the molecule is CC(C)(C)OC(=O)NCCc1cccc(Br)c1.Cl.NCCc1cccc(Br)c1.NCCc1cccc(C#Cc2ccccc2)c1. The molecule has 240 valence electrons. The molecule has 0 bridgehead atoms. The Morgan fingerprint density at radius 3 is 1.67 bits per heavy atom. The van der Waals surface area contributed by atoms with E-state index in [1.54, 1.807) is 0 Å². The van der Waals surface area contributed by atoms with Crippen LogP contribution >= 0.6 is 44.3 Å². The molecule has 8 heteroatoms. The van der Waals surface area contributed by atoms with Crippen LogP contribution in [0, 0.1) is 11.8 Å². The number of carbonyl (C=O) groups is 1. The van der Waals surface area contributed by atoms with Crippen molar-refractivity contribution >= 4 is 50.4 Å². The third kappa shape index (κ3) is 19.1. The van der Waals surface area contributed by atoms with Gasteiger partial charge in [0.05, 0.1) is 0 Å². The number of hydrogen-bond donors (Lipinski definition) is 3. The summed E-state index contributed by atoms with van der Waals surface area (Å²) in [6.07, 6.45) is 2.28. The summed E-state index contributed by atoms with van der Waals surface area (Å²) in [4.78, 5) is 11.4. The van der Waals surface area contributed by atoms with Crippen LogP contribution in [0.25, 0.3) is 0 Å². The number of hydrogen-bond acceptors (Lipinski definition) is 4. The summed E-state index contributed by atoms with van der Waals surface area (Å²) >= 11 is 6.80. The number of ether oxygens (including phenoxy) is 1. The van der Waals surface area contributed by atoms with Crippen molar-refractivity contribution in [1.29, 1.82) is 0 Å². The maximum Gasteiger partial charge on any atom is 0.407 e. The summed E-state index contributed by atoms with van der Waals surface area (Å²) in [5, 5.41) is 2.73. The topological polar surface area (TPSA) is 90.4 Å². The lowest BCUT2D eigenvalue weighted by Gasteiger charge is -2.19. The van der Waals surface area contributed by atoms with Crippen LogP contribution in [-0.2, 0) is 24.0 Å². The molecule has 4 aromatic carbocycles. The average molecular weight is 758 g/mol. The molecule has 4 aromatic rings. The molecule has 0 atom stereocenters. The van der Waals surface area contributed by atoms with E-state index in [2.05, 4.69) is 73.3 Å². The Morgan fingerprint density at radius 2 is 1.16 bits per heavy atom. The van der Waals surface area contributed by atoms with Crippen molar-refractivity contribution in [2.24, 2.45) is 11.5 Å². The Balaban J connectivity index is 0.000000346. The molecule has 0 spiro atoms. The molecule has 5 nitrogen and oxygen atoms in total. The van der Waals surface area contributed by atoms with Crippen molar-refractivity contribution in [1.82, 2.24) is 5.32 Å². The predicted octanol–water partition coefficient (Wildman–Crippen LogP) is 8.48. The number of nitrogens with two attached hydrogens (primary N) is 2. The zero-order valence-corrected chi connectivity index (χ0v) is 30.2. The van der Waals surface area contributed by atoms with Crippen molar-refractivity contribution in [3.05, 3.63) is 140 Å². The summed E-state index contributed by atoms with van der Waals surface area (Å²) in [6, 6.07) is 34.5. The summed E-state index contributed by atoms with van der Waals surface area (Å²) in [5.41, 5.74) is 16.3. The second-order valence-corrected chi connectivity index (χ2v) is 12.7. The Bertz CT molecular complexity index is 1480. The van der Waals surface area contributed by atoms with Crippen LogP contribution in [0.15, 0.2) is 112 Å². The maximum absolute atomic E-state index is 11.4. The number of halogens is 3. The molecule has 0 aliphatic heterocycles. The molecule has 0 saturated carbocycles. The first-order valence-corrected chi connectivity index (χ1v) is 16.2. The lowest BCUT2D eigenvalue weighted by atomic mass is 10.1. The Hall–Kier alpha value is -3.12. The van der Waals surface area contributed by atoms with Crippen LogP contribution < -0.4 is 16.8 Å². The molecule has 0 saturated heterocycles. The van der Waals surface area contributed by atoms with E-state index < -0.39 is 5.60 Å². The molecular weight excluding hydrogens is 714 g/mol. The van der Waals surface area contributed by atoms with E-state index in [9.17, 15) is 4.79 Å². The molecule has 0 aromatic heterocycles. The highest BCUT2D eigenvalue weighted by molar-refractivity contribution is 9.10. The van der Waals surface area contributed by atoms with Crippen molar-refractivity contribution < 1.29 is 9.53 Å². The van der Waals surface area contributed by atoms with Gasteiger partial charge < -0.3 is 21.5 Å². The van der Waals surface area contributed by atoms with Crippen LogP contribution in [-0.4, -0.2) is 31.3 Å². The summed E-state index contributed by atoms with van der Waals surface area (Å²) in [5.74, 6) is 6.32. The summed E-state index contributed by atoms with van der Waals surface area (Å²) in [6.45, 7) is 7.51. The molecule has 0 unspecified atom stereocenters. The number of benzene rings is 4. The van der Waals surface area contributed by atoms with Crippen molar-refractivity contribution in [2.75, 3.05) is 19.6 Å².